The Morgan fingerprint density at radius 3 is 2.29 bits per heavy atom. The number of nitrogens with one attached hydrogen (secondary N) is 2. The molecule has 4 rings (SSSR count). The normalized spacial score (nSPS) is 19.7. The lowest BCUT2D eigenvalue weighted by Gasteiger charge is -2.24. The lowest BCUT2D eigenvalue weighted by atomic mass is 9.98. The topological polar surface area (TPSA) is 105 Å². The van der Waals surface area contributed by atoms with E-state index in [1.165, 1.54) is 11.1 Å². The first-order valence-electron chi connectivity index (χ1n) is 12.1. The Morgan fingerprint density at radius 1 is 1.03 bits per heavy atom. The summed E-state index contributed by atoms with van der Waals surface area (Å²) in [6.45, 7) is 2.16. The summed E-state index contributed by atoms with van der Waals surface area (Å²) in [5, 5.41) is 14.8. The molecule has 2 aliphatic rings. The third kappa shape index (κ3) is 5.24. The van der Waals surface area contributed by atoms with Crippen LogP contribution < -0.4 is 10.6 Å². The van der Waals surface area contributed by atoms with Crippen LogP contribution in [0.1, 0.15) is 62.5 Å². The van der Waals surface area contributed by atoms with Crippen molar-refractivity contribution in [2.24, 2.45) is 5.92 Å². The number of carbonyl (C=O) groups is 3. The van der Waals surface area contributed by atoms with Crippen molar-refractivity contribution in [3.05, 3.63) is 59.7 Å². The highest BCUT2D eigenvalue weighted by atomic mass is 16.5. The number of hydrogen-bond acceptors (Lipinski definition) is 4. The SMILES string of the molecule is CCC(CCC(=O)O)NC(=O)C1CCCC1NC(=O)OCC1c2ccccc2-c2ccccc21. The van der Waals surface area contributed by atoms with Crippen LogP contribution >= 0.6 is 0 Å². The molecule has 2 aliphatic carbocycles. The van der Waals surface area contributed by atoms with Gasteiger partial charge in [0.2, 0.25) is 5.91 Å². The molecule has 3 atom stereocenters. The summed E-state index contributed by atoms with van der Waals surface area (Å²) < 4.78 is 5.65. The second-order valence-corrected chi connectivity index (χ2v) is 9.16. The molecular formula is C27H32N2O5. The number of ether oxygens (including phenoxy) is 1. The summed E-state index contributed by atoms with van der Waals surface area (Å²) in [5.41, 5.74) is 4.66. The summed E-state index contributed by atoms with van der Waals surface area (Å²) in [4.78, 5) is 36.4. The molecule has 7 heteroatoms. The van der Waals surface area contributed by atoms with Crippen molar-refractivity contribution in [3.8, 4) is 11.1 Å². The number of carbonyl (C=O) groups excluding carboxylic acids is 2. The molecule has 0 saturated heterocycles. The lowest BCUT2D eigenvalue weighted by molar-refractivity contribution is -0.137. The molecule has 3 N–H and O–H groups in total. The van der Waals surface area contributed by atoms with Gasteiger partial charge >= 0.3 is 12.1 Å². The minimum atomic E-state index is -0.872. The molecule has 0 heterocycles. The molecule has 0 spiro atoms. The van der Waals surface area contributed by atoms with Crippen LogP contribution in [0.4, 0.5) is 4.79 Å². The fourth-order valence-corrected chi connectivity index (χ4v) is 5.22. The van der Waals surface area contributed by atoms with Gasteiger partial charge in [0.25, 0.3) is 0 Å². The van der Waals surface area contributed by atoms with Gasteiger partial charge in [-0.2, -0.15) is 0 Å². The number of benzene rings is 2. The molecule has 1 fully saturated rings. The average molecular weight is 465 g/mol. The van der Waals surface area contributed by atoms with Crippen LogP contribution in [0.15, 0.2) is 48.5 Å². The van der Waals surface area contributed by atoms with Crippen LogP contribution in [-0.4, -0.2) is 41.8 Å². The van der Waals surface area contributed by atoms with E-state index in [-0.39, 0.29) is 42.9 Å². The van der Waals surface area contributed by atoms with Crippen LogP contribution in [0.5, 0.6) is 0 Å². The molecule has 2 aromatic carbocycles. The predicted octanol–water partition coefficient (Wildman–Crippen LogP) is 4.45. The number of amides is 2. The predicted molar refractivity (Wildman–Crippen MR) is 128 cm³/mol. The Labute approximate surface area is 199 Å². The van der Waals surface area contributed by atoms with Crippen LogP contribution in [0.3, 0.4) is 0 Å². The first-order valence-corrected chi connectivity index (χ1v) is 12.1. The Bertz CT molecular complexity index is 1010. The van der Waals surface area contributed by atoms with Crippen LogP contribution in [0, 0.1) is 5.92 Å². The van der Waals surface area contributed by atoms with Gasteiger partial charge in [-0.15, -0.1) is 0 Å². The largest absolute Gasteiger partial charge is 0.481 e. The van der Waals surface area contributed by atoms with E-state index in [4.69, 9.17) is 9.84 Å². The van der Waals surface area contributed by atoms with E-state index in [0.717, 1.165) is 17.5 Å². The molecule has 1 saturated carbocycles. The molecular weight excluding hydrogens is 432 g/mol. The molecule has 0 aromatic heterocycles. The van der Waals surface area contributed by atoms with Crippen LogP contribution in [0.2, 0.25) is 0 Å². The van der Waals surface area contributed by atoms with Gasteiger partial charge in [-0.1, -0.05) is 61.9 Å². The van der Waals surface area contributed by atoms with E-state index in [1.807, 2.05) is 31.2 Å². The van der Waals surface area contributed by atoms with Gasteiger partial charge in [0.15, 0.2) is 0 Å². The zero-order chi connectivity index (χ0) is 24.1. The number of carboxylic acids is 1. The van der Waals surface area contributed by atoms with Crippen LogP contribution in [-0.2, 0) is 14.3 Å². The molecule has 0 aliphatic heterocycles. The maximum absolute atomic E-state index is 12.8. The van der Waals surface area contributed by atoms with Gasteiger partial charge in [-0.25, -0.2) is 4.79 Å². The third-order valence-electron chi connectivity index (χ3n) is 7.05. The average Bonchev–Trinajstić information content (AvgIpc) is 3.42. The summed E-state index contributed by atoms with van der Waals surface area (Å²) in [7, 11) is 0. The Morgan fingerprint density at radius 2 is 1.68 bits per heavy atom. The van der Waals surface area contributed by atoms with Crippen molar-refractivity contribution < 1.29 is 24.2 Å². The van der Waals surface area contributed by atoms with Gasteiger partial charge in [0.1, 0.15) is 6.61 Å². The van der Waals surface area contributed by atoms with E-state index in [1.54, 1.807) is 0 Å². The maximum atomic E-state index is 12.8. The van der Waals surface area contributed by atoms with Gasteiger partial charge in [-0.3, -0.25) is 9.59 Å². The molecule has 180 valence electrons. The van der Waals surface area contributed by atoms with E-state index in [0.29, 0.717) is 25.7 Å². The van der Waals surface area contributed by atoms with Crippen molar-refractivity contribution in [1.29, 1.82) is 0 Å². The number of hydrogen-bond donors (Lipinski definition) is 3. The van der Waals surface area contributed by atoms with Crippen molar-refractivity contribution in [1.82, 2.24) is 10.6 Å². The molecule has 0 bridgehead atoms. The molecule has 0 radical (unpaired) electrons. The quantitative estimate of drug-likeness (QED) is 0.508. The molecule has 2 aromatic rings. The highest BCUT2D eigenvalue weighted by molar-refractivity contribution is 5.81. The first kappa shape index (κ1) is 23.8. The monoisotopic (exact) mass is 464 g/mol. The van der Waals surface area contributed by atoms with Crippen molar-refractivity contribution >= 4 is 18.0 Å². The van der Waals surface area contributed by atoms with Crippen molar-refractivity contribution in [2.45, 2.75) is 63.5 Å². The smallest absolute Gasteiger partial charge is 0.407 e. The van der Waals surface area contributed by atoms with Crippen LogP contribution in [0.25, 0.3) is 11.1 Å². The Hall–Kier alpha value is -3.35. The lowest BCUT2D eigenvalue weighted by Crippen LogP contribution is -2.46. The maximum Gasteiger partial charge on any atom is 0.407 e. The number of rotatable bonds is 9. The van der Waals surface area contributed by atoms with E-state index in [2.05, 4.69) is 34.9 Å². The van der Waals surface area contributed by atoms with Crippen molar-refractivity contribution in [3.63, 3.8) is 0 Å². The molecule has 34 heavy (non-hydrogen) atoms. The minimum absolute atomic E-state index is 0.0135. The number of fused-ring (bicyclic) bond motifs is 3. The molecule has 7 nitrogen and oxygen atoms in total. The van der Waals surface area contributed by atoms with Gasteiger partial charge in [0, 0.05) is 24.4 Å². The third-order valence-corrected chi connectivity index (χ3v) is 7.05. The van der Waals surface area contributed by atoms with E-state index < -0.39 is 12.1 Å². The summed E-state index contributed by atoms with van der Waals surface area (Å²) >= 11 is 0. The van der Waals surface area contributed by atoms with E-state index >= 15 is 0 Å². The second-order valence-electron chi connectivity index (χ2n) is 9.16. The van der Waals surface area contributed by atoms with Gasteiger partial charge < -0.3 is 20.5 Å². The molecule has 2 amide bonds. The minimum Gasteiger partial charge on any atom is -0.481 e. The fourth-order valence-electron chi connectivity index (χ4n) is 5.22. The first-order chi connectivity index (χ1) is 16.5. The number of carboxylic acid groups (broad SMARTS) is 1. The Balaban J connectivity index is 1.33. The van der Waals surface area contributed by atoms with Gasteiger partial charge in [-0.05, 0) is 47.9 Å². The highest BCUT2D eigenvalue weighted by Gasteiger charge is 2.35. The summed E-state index contributed by atoms with van der Waals surface area (Å²) in [6.07, 6.45) is 2.82. The standard InChI is InChI=1S/C27H32N2O5/c1-2-17(14-15-25(30)31)28-26(32)22-12-7-13-24(22)29-27(33)34-16-23-20-10-5-3-8-18(20)19-9-4-6-11-21(19)23/h3-6,8-11,17,22-24H,2,7,12-16H2,1H3,(H,28,32)(H,29,33)(H,30,31). The van der Waals surface area contributed by atoms with Crippen molar-refractivity contribution in [2.75, 3.05) is 6.61 Å². The Kier molecular flexibility index (Phi) is 7.50. The number of aliphatic carboxylic acids is 1. The van der Waals surface area contributed by atoms with E-state index in [9.17, 15) is 14.4 Å². The number of alkyl carbamates (subject to hydrolysis) is 1. The molecule has 3 unspecified atom stereocenters. The zero-order valence-corrected chi connectivity index (χ0v) is 19.5. The highest BCUT2D eigenvalue weighted by Crippen LogP contribution is 2.44. The zero-order valence-electron chi connectivity index (χ0n) is 19.5. The summed E-state index contributed by atoms with van der Waals surface area (Å²) in [5.74, 6) is -1.35. The summed E-state index contributed by atoms with van der Waals surface area (Å²) in [6, 6.07) is 15.9. The van der Waals surface area contributed by atoms with Gasteiger partial charge in [0.05, 0.1) is 5.92 Å². The fraction of sp³-hybridized carbons (Fsp3) is 0.444. The second kappa shape index (κ2) is 10.7.